The molecule has 0 amide bonds. The highest BCUT2D eigenvalue weighted by Crippen LogP contribution is 2.28. The van der Waals surface area contributed by atoms with Gasteiger partial charge in [0.05, 0.1) is 7.11 Å². The average Bonchev–Trinajstić information content (AvgIpc) is 3.04. The van der Waals surface area contributed by atoms with Crippen LogP contribution in [0, 0.1) is 0 Å². The van der Waals surface area contributed by atoms with E-state index in [9.17, 15) is 0 Å². The molecule has 1 N–H and O–H groups in total. The molecule has 1 aliphatic heterocycles. The fourth-order valence-electron chi connectivity index (χ4n) is 2.87. The van der Waals surface area contributed by atoms with E-state index in [4.69, 9.17) is 9.73 Å². The lowest BCUT2D eigenvalue weighted by molar-refractivity contribution is 0.414. The molecule has 0 aliphatic carbocycles. The van der Waals surface area contributed by atoms with Crippen LogP contribution in [0.15, 0.2) is 29.3 Å². The topological polar surface area (TPSA) is 36.9 Å². The predicted molar refractivity (Wildman–Crippen MR) is 108 cm³/mol. The number of likely N-dealkylation sites (tertiary alicyclic amines) is 1. The molecule has 1 atom stereocenters. The minimum absolute atomic E-state index is 0. The van der Waals surface area contributed by atoms with Crippen molar-refractivity contribution < 1.29 is 4.74 Å². The highest BCUT2D eigenvalue weighted by molar-refractivity contribution is 14.0. The van der Waals surface area contributed by atoms with Crippen LogP contribution in [-0.2, 0) is 0 Å². The third-order valence-corrected chi connectivity index (χ3v) is 4.18. The van der Waals surface area contributed by atoms with Crippen molar-refractivity contribution in [2.45, 2.75) is 39.0 Å². The van der Waals surface area contributed by atoms with E-state index >= 15 is 0 Å². The highest BCUT2D eigenvalue weighted by Gasteiger charge is 2.25. The van der Waals surface area contributed by atoms with Gasteiger partial charge in [-0.2, -0.15) is 0 Å². The Kier molecular flexibility index (Phi) is 9.36. The number of benzene rings is 1. The van der Waals surface area contributed by atoms with Gasteiger partial charge in [-0.3, -0.25) is 4.99 Å². The normalized spacial score (nSPS) is 17.8. The summed E-state index contributed by atoms with van der Waals surface area (Å²) in [6.45, 7) is 8.31. The first-order valence-corrected chi connectivity index (χ1v) is 8.45. The van der Waals surface area contributed by atoms with Crippen molar-refractivity contribution >= 4 is 29.9 Å². The molecule has 0 saturated carbocycles. The summed E-state index contributed by atoms with van der Waals surface area (Å²) in [4.78, 5) is 7.15. The average molecular weight is 431 g/mol. The van der Waals surface area contributed by atoms with E-state index in [0.717, 1.165) is 44.3 Å². The molecule has 1 aromatic rings. The fraction of sp³-hybridized carbons (Fsp3) is 0.611. The van der Waals surface area contributed by atoms with Gasteiger partial charge >= 0.3 is 0 Å². The van der Waals surface area contributed by atoms with Crippen LogP contribution in [0.3, 0.4) is 0 Å². The molecule has 0 radical (unpaired) electrons. The van der Waals surface area contributed by atoms with Crippen LogP contribution >= 0.6 is 24.0 Å². The molecule has 1 unspecified atom stereocenters. The van der Waals surface area contributed by atoms with Gasteiger partial charge in [0.2, 0.25) is 0 Å². The SMILES string of the molecule is CCCCN=C(NCC)N1CCC(c2ccc(OC)cc2)C1.I. The number of unbranched alkanes of at least 4 members (excludes halogenated alkanes) is 1. The van der Waals surface area contributed by atoms with Crippen molar-refractivity contribution in [2.75, 3.05) is 33.3 Å². The van der Waals surface area contributed by atoms with Crippen molar-refractivity contribution in [3.8, 4) is 5.75 Å². The minimum Gasteiger partial charge on any atom is -0.497 e. The lowest BCUT2D eigenvalue weighted by Gasteiger charge is -2.21. The molecule has 1 aliphatic rings. The number of nitrogens with zero attached hydrogens (tertiary/aromatic N) is 2. The maximum absolute atomic E-state index is 5.24. The number of methoxy groups -OCH3 is 1. The smallest absolute Gasteiger partial charge is 0.193 e. The summed E-state index contributed by atoms with van der Waals surface area (Å²) in [5, 5.41) is 3.43. The molecular weight excluding hydrogens is 401 g/mol. The number of hydrogen-bond acceptors (Lipinski definition) is 2. The van der Waals surface area contributed by atoms with Crippen molar-refractivity contribution in [3.63, 3.8) is 0 Å². The van der Waals surface area contributed by atoms with Crippen LogP contribution in [0.4, 0.5) is 0 Å². The van der Waals surface area contributed by atoms with E-state index < -0.39 is 0 Å². The Morgan fingerprint density at radius 1 is 1.30 bits per heavy atom. The molecule has 1 heterocycles. The zero-order valence-corrected chi connectivity index (χ0v) is 16.9. The summed E-state index contributed by atoms with van der Waals surface area (Å²) in [6.07, 6.45) is 3.53. The molecule has 0 bridgehead atoms. The lowest BCUT2D eigenvalue weighted by atomic mass is 9.98. The van der Waals surface area contributed by atoms with E-state index in [1.54, 1.807) is 7.11 Å². The Hall–Kier alpha value is -0.980. The summed E-state index contributed by atoms with van der Waals surface area (Å²) in [6, 6.07) is 8.49. The Bertz CT molecular complexity index is 476. The maximum atomic E-state index is 5.24. The highest BCUT2D eigenvalue weighted by atomic mass is 127. The molecular formula is C18H30IN3O. The second-order valence-electron chi connectivity index (χ2n) is 5.79. The number of halogens is 1. The zero-order valence-electron chi connectivity index (χ0n) is 14.5. The second kappa shape index (κ2) is 10.7. The number of guanidine groups is 1. The Morgan fingerprint density at radius 2 is 2.04 bits per heavy atom. The van der Waals surface area contributed by atoms with Crippen LogP contribution in [0.2, 0.25) is 0 Å². The van der Waals surface area contributed by atoms with Gasteiger partial charge in [-0.25, -0.2) is 0 Å². The summed E-state index contributed by atoms with van der Waals surface area (Å²) in [7, 11) is 1.71. The van der Waals surface area contributed by atoms with E-state index in [0.29, 0.717) is 5.92 Å². The first-order chi connectivity index (χ1) is 10.8. The van der Waals surface area contributed by atoms with Crippen LogP contribution in [0.1, 0.15) is 44.6 Å². The third kappa shape index (κ3) is 5.86. The number of rotatable bonds is 6. The van der Waals surface area contributed by atoms with Crippen LogP contribution in [-0.4, -0.2) is 44.1 Å². The van der Waals surface area contributed by atoms with E-state index in [2.05, 4.69) is 48.3 Å². The Morgan fingerprint density at radius 3 is 2.65 bits per heavy atom. The van der Waals surface area contributed by atoms with Crippen LogP contribution in [0.5, 0.6) is 5.75 Å². The van der Waals surface area contributed by atoms with Gasteiger partial charge in [0, 0.05) is 32.1 Å². The van der Waals surface area contributed by atoms with Gasteiger partial charge in [0.25, 0.3) is 0 Å². The molecule has 130 valence electrons. The van der Waals surface area contributed by atoms with Gasteiger partial charge in [0.1, 0.15) is 5.75 Å². The quantitative estimate of drug-likeness (QED) is 0.322. The third-order valence-electron chi connectivity index (χ3n) is 4.18. The molecule has 5 heteroatoms. The van der Waals surface area contributed by atoms with Gasteiger partial charge < -0.3 is 15.0 Å². The van der Waals surface area contributed by atoms with Gasteiger partial charge in [-0.1, -0.05) is 25.5 Å². The molecule has 1 aromatic carbocycles. The largest absolute Gasteiger partial charge is 0.497 e. The molecule has 4 nitrogen and oxygen atoms in total. The Balaban J connectivity index is 0.00000264. The molecule has 1 saturated heterocycles. The molecule has 23 heavy (non-hydrogen) atoms. The summed E-state index contributed by atoms with van der Waals surface area (Å²) < 4.78 is 5.24. The maximum Gasteiger partial charge on any atom is 0.193 e. The Labute approximate surface area is 157 Å². The predicted octanol–water partition coefficient (Wildman–Crippen LogP) is 3.87. The first kappa shape index (κ1) is 20.1. The van der Waals surface area contributed by atoms with Gasteiger partial charge in [-0.15, -0.1) is 24.0 Å². The lowest BCUT2D eigenvalue weighted by Crippen LogP contribution is -2.40. The number of nitrogens with one attached hydrogen (secondary N) is 1. The standard InChI is InChI=1S/C18H29N3O.HI/c1-4-6-12-20-18(19-5-2)21-13-11-16(14-21)15-7-9-17(22-3)10-8-15;/h7-10,16H,4-6,11-14H2,1-3H3,(H,19,20);1H. The molecule has 0 aromatic heterocycles. The molecule has 0 spiro atoms. The van der Waals surface area contributed by atoms with Crippen molar-refractivity contribution in [3.05, 3.63) is 29.8 Å². The van der Waals surface area contributed by atoms with Crippen molar-refractivity contribution in [1.82, 2.24) is 10.2 Å². The minimum atomic E-state index is 0. The number of hydrogen-bond donors (Lipinski definition) is 1. The van der Waals surface area contributed by atoms with E-state index in [1.165, 1.54) is 18.4 Å². The number of ether oxygens (including phenoxy) is 1. The van der Waals surface area contributed by atoms with Gasteiger partial charge in [-0.05, 0) is 37.5 Å². The van der Waals surface area contributed by atoms with Gasteiger partial charge in [0.15, 0.2) is 5.96 Å². The first-order valence-electron chi connectivity index (χ1n) is 8.45. The second-order valence-corrected chi connectivity index (χ2v) is 5.79. The summed E-state index contributed by atoms with van der Waals surface area (Å²) in [5.41, 5.74) is 1.40. The fourth-order valence-corrected chi connectivity index (χ4v) is 2.87. The molecule has 2 rings (SSSR count). The van der Waals surface area contributed by atoms with Crippen molar-refractivity contribution in [1.29, 1.82) is 0 Å². The van der Waals surface area contributed by atoms with E-state index in [-0.39, 0.29) is 24.0 Å². The molecule has 1 fully saturated rings. The van der Waals surface area contributed by atoms with Crippen molar-refractivity contribution in [2.24, 2.45) is 4.99 Å². The van der Waals surface area contributed by atoms with Crippen LogP contribution < -0.4 is 10.1 Å². The number of aliphatic imine (C=N–C) groups is 1. The monoisotopic (exact) mass is 431 g/mol. The zero-order chi connectivity index (χ0) is 15.8. The summed E-state index contributed by atoms with van der Waals surface area (Å²) in [5.74, 6) is 2.58. The summed E-state index contributed by atoms with van der Waals surface area (Å²) >= 11 is 0. The van der Waals surface area contributed by atoms with Crippen LogP contribution in [0.25, 0.3) is 0 Å². The van der Waals surface area contributed by atoms with E-state index in [1.807, 2.05) is 0 Å².